The highest BCUT2D eigenvalue weighted by Crippen LogP contribution is 2.32. The van der Waals surface area contributed by atoms with Gasteiger partial charge < -0.3 is 5.73 Å². The smallest absolute Gasteiger partial charge is 0.366 e. The number of hydrogen-bond acceptors (Lipinski definition) is 5. The van der Waals surface area contributed by atoms with Gasteiger partial charge in [-0.1, -0.05) is 0 Å². The molecule has 0 aromatic carbocycles. The molecule has 0 aliphatic heterocycles. The van der Waals surface area contributed by atoms with Gasteiger partial charge in [0, 0.05) is 12.4 Å². The molecule has 2 aromatic heterocycles. The van der Waals surface area contributed by atoms with Gasteiger partial charge in [-0.05, 0) is 36.4 Å². The average Bonchev–Trinajstić information content (AvgIpc) is 2.40. The van der Waals surface area contributed by atoms with Crippen molar-refractivity contribution in [2.24, 2.45) is 5.73 Å². The number of nitrogens with zero attached hydrogens (tertiary/aromatic N) is 3. The summed E-state index contributed by atoms with van der Waals surface area (Å²) in [6.45, 7) is 1.77. The molecule has 1 amide bonds. The number of aryl methyl sites for hydroxylation is 1. The lowest BCUT2D eigenvalue weighted by atomic mass is 10.2. The van der Waals surface area contributed by atoms with E-state index in [0.29, 0.717) is 6.07 Å². The second kappa shape index (κ2) is 5.68. The minimum absolute atomic E-state index is 0.114. The summed E-state index contributed by atoms with van der Waals surface area (Å²) in [4.78, 5) is 22.6. The van der Waals surface area contributed by atoms with E-state index in [9.17, 15) is 18.0 Å². The van der Waals surface area contributed by atoms with Crippen LogP contribution in [0, 0.1) is 6.92 Å². The Balaban J connectivity index is 2.43. The highest BCUT2D eigenvalue weighted by molar-refractivity contribution is 7.99. The number of aromatic nitrogens is 3. The number of pyridine rings is 1. The molecule has 2 aromatic rings. The van der Waals surface area contributed by atoms with Crippen molar-refractivity contribution >= 4 is 17.7 Å². The van der Waals surface area contributed by atoms with E-state index in [1.165, 1.54) is 12.4 Å². The maximum atomic E-state index is 12.7. The molecule has 0 unspecified atom stereocenters. The maximum absolute atomic E-state index is 12.7. The summed E-state index contributed by atoms with van der Waals surface area (Å²) < 4.78 is 38.0. The van der Waals surface area contributed by atoms with Gasteiger partial charge in [0.25, 0.3) is 5.91 Å². The SMILES string of the molecule is Cc1cnc(Sc2nc(C(F)(F)F)ccc2C(N)=O)nc1. The Bertz CT molecular complexity index is 673. The van der Waals surface area contributed by atoms with Crippen molar-refractivity contribution in [3.8, 4) is 0 Å². The highest BCUT2D eigenvalue weighted by Gasteiger charge is 2.33. The minimum Gasteiger partial charge on any atom is -0.366 e. The van der Waals surface area contributed by atoms with E-state index in [4.69, 9.17) is 5.73 Å². The molecule has 5 nitrogen and oxygen atoms in total. The zero-order valence-electron chi connectivity index (χ0n) is 10.7. The topological polar surface area (TPSA) is 81.8 Å². The molecule has 2 rings (SSSR count). The first-order valence-electron chi connectivity index (χ1n) is 5.62. The zero-order valence-corrected chi connectivity index (χ0v) is 11.5. The third-order valence-corrected chi connectivity index (χ3v) is 3.26. The highest BCUT2D eigenvalue weighted by atomic mass is 32.2. The fourth-order valence-corrected chi connectivity index (χ4v) is 2.19. The van der Waals surface area contributed by atoms with E-state index in [2.05, 4.69) is 15.0 Å². The molecule has 0 bridgehead atoms. The van der Waals surface area contributed by atoms with Gasteiger partial charge in [-0.2, -0.15) is 13.2 Å². The number of alkyl halides is 3. The van der Waals surface area contributed by atoms with Crippen LogP contribution in [0.2, 0.25) is 0 Å². The quantitative estimate of drug-likeness (QED) is 0.880. The van der Waals surface area contributed by atoms with Crippen molar-refractivity contribution in [2.45, 2.75) is 23.3 Å². The van der Waals surface area contributed by atoms with Crippen LogP contribution in [0.3, 0.4) is 0 Å². The van der Waals surface area contributed by atoms with E-state index in [1.807, 2.05) is 0 Å². The molecule has 0 saturated carbocycles. The van der Waals surface area contributed by atoms with Gasteiger partial charge in [0.2, 0.25) is 0 Å². The van der Waals surface area contributed by atoms with Gasteiger partial charge in [-0.25, -0.2) is 15.0 Å². The molecule has 110 valence electrons. The van der Waals surface area contributed by atoms with Crippen LogP contribution in [-0.2, 0) is 6.18 Å². The van der Waals surface area contributed by atoms with Crippen LogP contribution in [0.4, 0.5) is 13.2 Å². The fraction of sp³-hybridized carbons (Fsp3) is 0.167. The molecule has 2 N–H and O–H groups in total. The van der Waals surface area contributed by atoms with E-state index in [-0.39, 0.29) is 15.7 Å². The number of halogens is 3. The monoisotopic (exact) mass is 314 g/mol. The number of hydrogen-bond donors (Lipinski definition) is 1. The van der Waals surface area contributed by atoms with Gasteiger partial charge in [0.1, 0.15) is 10.7 Å². The number of amides is 1. The number of nitrogens with two attached hydrogens (primary N) is 1. The van der Waals surface area contributed by atoms with Crippen LogP contribution in [0.1, 0.15) is 21.6 Å². The first-order chi connectivity index (χ1) is 9.77. The Morgan fingerprint density at radius 1 is 1.24 bits per heavy atom. The molecule has 21 heavy (non-hydrogen) atoms. The van der Waals surface area contributed by atoms with Crippen molar-refractivity contribution in [3.05, 3.63) is 41.3 Å². The van der Waals surface area contributed by atoms with Crippen LogP contribution in [-0.4, -0.2) is 20.9 Å². The Hall–Kier alpha value is -2.16. The van der Waals surface area contributed by atoms with Crippen LogP contribution < -0.4 is 5.73 Å². The van der Waals surface area contributed by atoms with Crippen molar-refractivity contribution in [3.63, 3.8) is 0 Å². The second-order valence-electron chi connectivity index (χ2n) is 4.06. The van der Waals surface area contributed by atoms with Crippen LogP contribution >= 0.6 is 11.8 Å². The number of carbonyl (C=O) groups excluding carboxylic acids is 1. The van der Waals surface area contributed by atoms with Crippen molar-refractivity contribution in [1.82, 2.24) is 15.0 Å². The summed E-state index contributed by atoms with van der Waals surface area (Å²) in [5.74, 6) is -0.870. The summed E-state index contributed by atoms with van der Waals surface area (Å²) in [7, 11) is 0. The lowest BCUT2D eigenvalue weighted by Gasteiger charge is -2.09. The minimum atomic E-state index is -4.61. The van der Waals surface area contributed by atoms with E-state index in [0.717, 1.165) is 23.4 Å². The molecule has 0 aliphatic rings. The molecule has 0 fully saturated rings. The third kappa shape index (κ3) is 3.69. The van der Waals surface area contributed by atoms with E-state index < -0.39 is 17.8 Å². The maximum Gasteiger partial charge on any atom is 0.433 e. The molecule has 0 aliphatic carbocycles. The molecular weight excluding hydrogens is 305 g/mol. The summed E-state index contributed by atoms with van der Waals surface area (Å²) in [6.07, 6.45) is -1.60. The summed E-state index contributed by atoms with van der Waals surface area (Å²) in [5.41, 5.74) is 4.71. The Kier molecular flexibility index (Phi) is 4.12. The molecule has 0 spiro atoms. The van der Waals surface area contributed by atoms with Crippen LogP contribution in [0.25, 0.3) is 0 Å². The standard InChI is InChI=1S/C12H9F3N4OS/c1-6-4-17-11(18-5-6)21-10-7(9(16)20)2-3-8(19-10)12(13,14)15/h2-5H,1H3,(H2,16,20). The number of carbonyl (C=O) groups is 1. The summed E-state index contributed by atoms with van der Waals surface area (Å²) in [6, 6.07) is 1.70. The van der Waals surface area contributed by atoms with Crippen molar-refractivity contribution < 1.29 is 18.0 Å². The van der Waals surface area contributed by atoms with Crippen LogP contribution in [0.5, 0.6) is 0 Å². The Morgan fingerprint density at radius 2 is 1.86 bits per heavy atom. The summed E-state index contributed by atoms with van der Waals surface area (Å²) in [5, 5.41) is -0.00361. The molecule has 0 saturated heterocycles. The van der Waals surface area contributed by atoms with Gasteiger partial charge in [0.15, 0.2) is 5.16 Å². The first-order valence-corrected chi connectivity index (χ1v) is 6.43. The second-order valence-corrected chi connectivity index (χ2v) is 5.01. The van der Waals surface area contributed by atoms with E-state index >= 15 is 0 Å². The van der Waals surface area contributed by atoms with Gasteiger partial charge in [-0.15, -0.1) is 0 Å². The first kappa shape index (κ1) is 15.2. The number of primary amides is 1. The van der Waals surface area contributed by atoms with Gasteiger partial charge in [-0.3, -0.25) is 4.79 Å². The van der Waals surface area contributed by atoms with Gasteiger partial charge in [0.05, 0.1) is 5.56 Å². The molecule has 9 heteroatoms. The fourth-order valence-electron chi connectivity index (χ4n) is 1.38. The van der Waals surface area contributed by atoms with Crippen LogP contribution in [0.15, 0.2) is 34.7 Å². The number of rotatable bonds is 3. The largest absolute Gasteiger partial charge is 0.433 e. The predicted molar refractivity (Wildman–Crippen MR) is 68.6 cm³/mol. The lowest BCUT2D eigenvalue weighted by molar-refractivity contribution is -0.141. The predicted octanol–water partition coefficient (Wildman–Crippen LogP) is 2.45. The summed E-state index contributed by atoms with van der Waals surface area (Å²) >= 11 is 0.747. The van der Waals surface area contributed by atoms with Crippen molar-refractivity contribution in [2.75, 3.05) is 0 Å². The molecule has 0 atom stereocenters. The molecule has 2 heterocycles. The van der Waals surface area contributed by atoms with Crippen molar-refractivity contribution in [1.29, 1.82) is 0 Å². The molecular formula is C12H9F3N4OS. The van der Waals surface area contributed by atoms with Gasteiger partial charge >= 0.3 is 6.18 Å². The third-order valence-electron chi connectivity index (χ3n) is 2.36. The Morgan fingerprint density at radius 3 is 2.38 bits per heavy atom. The normalized spacial score (nSPS) is 11.4. The Labute approximate surface area is 121 Å². The molecule has 0 radical (unpaired) electrons. The zero-order chi connectivity index (χ0) is 15.6. The average molecular weight is 314 g/mol. The lowest BCUT2D eigenvalue weighted by Crippen LogP contribution is -2.16. The van der Waals surface area contributed by atoms with E-state index in [1.54, 1.807) is 6.92 Å².